The molecule has 0 amide bonds. The fourth-order valence-corrected chi connectivity index (χ4v) is 3.40. The Labute approximate surface area is 156 Å². The Morgan fingerprint density at radius 3 is 2.27 bits per heavy atom. The van der Waals surface area contributed by atoms with Crippen LogP contribution < -0.4 is 9.47 Å². The van der Waals surface area contributed by atoms with Gasteiger partial charge in [-0.1, -0.05) is 25.0 Å². The summed E-state index contributed by atoms with van der Waals surface area (Å²) in [6.07, 6.45) is 9.95. The van der Waals surface area contributed by atoms with Crippen molar-refractivity contribution < 1.29 is 14.3 Å². The van der Waals surface area contributed by atoms with E-state index >= 15 is 0 Å². The van der Waals surface area contributed by atoms with Gasteiger partial charge in [0.25, 0.3) is 0 Å². The summed E-state index contributed by atoms with van der Waals surface area (Å²) in [6, 6.07) is 14.9. The molecule has 3 rings (SSSR count). The molecule has 0 spiro atoms. The average molecular weight is 351 g/mol. The van der Waals surface area contributed by atoms with E-state index < -0.39 is 0 Å². The number of esters is 1. The molecule has 0 unspecified atom stereocenters. The second-order valence-corrected chi connectivity index (χ2v) is 6.84. The fourth-order valence-electron chi connectivity index (χ4n) is 3.40. The molecule has 3 nitrogen and oxygen atoms in total. The largest absolute Gasteiger partial charge is 0.494 e. The first-order valence-electron chi connectivity index (χ1n) is 9.60. The summed E-state index contributed by atoms with van der Waals surface area (Å²) < 4.78 is 10.9. The number of ether oxygens (including phenoxy) is 2. The van der Waals surface area contributed by atoms with E-state index in [9.17, 15) is 4.79 Å². The van der Waals surface area contributed by atoms with Gasteiger partial charge in [-0.2, -0.15) is 0 Å². The number of benzene rings is 2. The summed E-state index contributed by atoms with van der Waals surface area (Å²) in [4.78, 5) is 12.2. The molecule has 1 radical (unpaired) electrons. The van der Waals surface area contributed by atoms with E-state index in [-0.39, 0.29) is 5.97 Å². The van der Waals surface area contributed by atoms with Crippen LogP contribution in [0.2, 0.25) is 0 Å². The van der Waals surface area contributed by atoms with Gasteiger partial charge in [0.15, 0.2) is 0 Å². The molecule has 3 heteroatoms. The molecule has 2 aromatic carbocycles. The van der Waals surface area contributed by atoms with Gasteiger partial charge in [-0.25, -0.2) is 4.79 Å². The van der Waals surface area contributed by atoms with Crippen molar-refractivity contribution in [2.45, 2.75) is 45.4 Å². The molecule has 26 heavy (non-hydrogen) atoms. The van der Waals surface area contributed by atoms with Crippen LogP contribution in [0.25, 0.3) is 0 Å². The maximum atomic E-state index is 12.2. The lowest BCUT2D eigenvalue weighted by Gasteiger charge is -2.21. The van der Waals surface area contributed by atoms with Crippen molar-refractivity contribution in [2.75, 3.05) is 6.61 Å². The number of aryl methyl sites for hydroxylation is 1. The summed E-state index contributed by atoms with van der Waals surface area (Å²) in [5.74, 6) is 1.85. The number of carbonyl (C=O) groups excluding carboxylic acids is 1. The molecule has 1 fully saturated rings. The van der Waals surface area contributed by atoms with E-state index in [4.69, 9.17) is 9.47 Å². The molecular weight excluding hydrogens is 324 g/mol. The van der Waals surface area contributed by atoms with Gasteiger partial charge in [-0.05, 0) is 86.9 Å². The van der Waals surface area contributed by atoms with Gasteiger partial charge in [0.1, 0.15) is 11.5 Å². The molecule has 0 heterocycles. The zero-order valence-corrected chi connectivity index (χ0v) is 15.4. The third-order valence-electron chi connectivity index (χ3n) is 4.93. The molecule has 0 bridgehead atoms. The first-order valence-corrected chi connectivity index (χ1v) is 9.60. The van der Waals surface area contributed by atoms with Crippen molar-refractivity contribution in [3.05, 3.63) is 66.1 Å². The maximum absolute atomic E-state index is 12.2. The van der Waals surface area contributed by atoms with Gasteiger partial charge < -0.3 is 9.47 Å². The highest BCUT2D eigenvalue weighted by molar-refractivity contribution is 5.91. The van der Waals surface area contributed by atoms with Crippen LogP contribution in [0.4, 0.5) is 0 Å². The van der Waals surface area contributed by atoms with E-state index in [1.165, 1.54) is 37.7 Å². The molecule has 1 aliphatic carbocycles. The number of carbonyl (C=O) groups is 1. The Morgan fingerprint density at radius 1 is 0.962 bits per heavy atom. The molecular formula is C23H27O3. The molecule has 1 saturated carbocycles. The first kappa shape index (κ1) is 18.5. The minimum absolute atomic E-state index is 0.348. The quantitative estimate of drug-likeness (QED) is 0.479. The van der Waals surface area contributed by atoms with Gasteiger partial charge in [0, 0.05) is 0 Å². The van der Waals surface area contributed by atoms with Crippen molar-refractivity contribution in [1.29, 1.82) is 0 Å². The van der Waals surface area contributed by atoms with E-state index in [2.05, 4.69) is 18.6 Å². The predicted octanol–water partition coefficient (Wildman–Crippen LogP) is 5.63. The van der Waals surface area contributed by atoms with Crippen molar-refractivity contribution in [2.24, 2.45) is 5.92 Å². The Kier molecular flexibility index (Phi) is 6.70. The summed E-state index contributed by atoms with van der Waals surface area (Å²) in [7, 11) is 0. The standard InChI is InChI=1S/C23H27O3/c1-2-25-21-16-12-20(13-17-21)23(24)26-22-14-10-19(11-15-22)9-8-18-6-4-3-5-7-18/h3,10-18H,2,4-9H2,1H3. The smallest absolute Gasteiger partial charge is 0.343 e. The summed E-state index contributed by atoms with van der Waals surface area (Å²) >= 11 is 0. The molecule has 0 N–H and O–H groups in total. The fraction of sp³-hybridized carbons (Fsp3) is 0.391. The molecule has 0 aromatic heterocycles. The van der Waals surface area contributed by atoms with Gasteiger partial charge in [-0.3, -0.25) is 0 Å². The topological polar surface area (TPSA) is 35.5 Å². The van der Waals surface area contributed by atoms with Crippen LogP contribution >= 0.6 is 0 Å². The van der Waals surface area contributed by atoms with Gasteiger partial charge in [0.05, 0.1) is 12.2 Å². The lowest BCUT2D eigenvalue weighted by atomic mass is 9.85. The Bertz CT molecular complexity index is 682. The Hall–Kier alpha value is -2.29. The minimum Gasteiger partial charge on any atom is -0.494 e. The monoisotopic (exact) mass is 351 g/mol. The van der Waals surface area contributed by atoms with E-state index in [1.54, 1.807) is 24.3 Å². The van der Waals surface area contributed by atoms with Crippen LogP contribution in [0.15, 0.2) is 48.5 Å². The zero-order valence-electron chi connectivity index (χ0n) is 15.4. The van der Waals surface area contributed by atoms with Gasteiger partial charge in [0.2, 0.25) is 0 Å². The van der Waals surface area contributed by atoms with Crippen molar-refractivity contribution >= 4 is 5.97 Å². The summed E-state index contributed by atoms with van der Waals surface area (Å²) in [5, 5.41) is 0. The SMILES string of the molecule is CCOc1ccc(C(=O)Oc2ccc(CCC3CC[CH]CC3)cc2)cc1. The number of hydrogen-bond donors (Lipinski definition) is 0. The van der Waals surface area contributed by atoms with Crippen LogP contribution in [0.1, 0.15) is 54.9 Å². The normalized spacial score (nSPS) is 14.8. The number of rotatable bonds is 7. The zero-order chi connectivity index (χ0) is 18.2. The first-order chi connectivity index (χ1) is 12.7. The van der Waals surface area contributed by atoms with Crippen molar-refractivity contribution in [3.63, 3.8) is 0 Å². The van der Waals surface area contributed by atoms with Crippen molar-refractivity contribution in [1.82, 2.24) is 0 Å². The molecule has 137 valence electrons. The predicted molar refractivity (Wildman–Crippen MR) is 104 cm³/mol. The minimum atomic E-state index is -0.348. The molecule has 1 aliphatic rings. The molecule has 2 aromatic rings. The highest BCUT2D eigenvalue weighted by atomic mass is 16.5. The van der Waals surface area contributed by atoms with Crippen LogP contribution in [-0.2, 0) is 6.42 Å². The van der Waals surface area contributed by atoms with Crippen LogP contribution in [0.3, 0.4) is 0 Å². The van der Waals surface area contributed by atoms with E-state index in [1.807, 2.05) is 19.1 Å². The van der Waals surface area contributed by atoms with Gasteiger partial charge in [-0.15, -0.1) is 0 Å². The van der Waals surface area contributed by atoms with E-state index in [0.29, 0.717) is 17.9 Å². The molecule has 0 saturated heterocycles. The Morgan fingerprint density at radius 2 is 1.62 bits per heavy atom. The van der Waals surface area contributed by atoms with Crippen LogP contribution in [0.5, 0.6) is 11.5 Å². The second kappa shape index (κ2) is 9.42. The lowest BCUT2D eigenvalue weighted by Crippen LogP contribution is -2.09. The third kappa shape index (κ3) is 5.35. The summed E-state index contributed by atoms with van der Waals surface area (Å²) in [5.41, 5.74) is 1.83. The Balaban J connectivity index is 1.50. The maximum Gasteiger partial charge on any atom is 0.343 e. The molecule has 0 aliphatic heterocycles. The molecule has 0 atom stereocenters. The second-order valence-electron chi connectivity index (χ2n) is 6.84. The summed E-state index contributed by atoms with van der Waals surface area (Å²) in [6.45, 7) is 2.54. The van der Waals surface area contributed by atoms with Crippen LogP contribution in [-0.4, -0.2) is 12.6 Å². The number of hydrogen-bond acceptors (Lipinski definition) is 3. The third-order valence-corrected chi connectivity index (χ3v) is 4.93. The highest BCUT2D eigenvalue weighted by Gasteiger charge is 2.13. The highest BCUT2D eigenvalue weighted by Crippen LogP contribution is 2.27. The van der Waals surface area contributed by atoms with Crippen molar-refractivity contribution in [3.8, 4) is 11.5 Å². The average Bonchev–Trinajstić information content (AvgIpc) is 2.69. The van der Waals surface area contributed by atoms with Gasteiger partial charge >= 0.3 is 5.97 Å². The van der Waals surface area contributed by atoms with Crippen LogP contribution in [0, 0.1) is 12.3 Å². The lowest BCUT2D eigenvalue weighted by molar-refractivity contribution is 0.0734. The van der Waals surface area contributed by atoms with E-state index in [0.717, 1.165) is 18.1 Å².